The summed E-state index contributed by atoms with van der Waals surface area (Å²) in [5, 5.41) is 3.81. The molecule has 1 aliphatic rings. The molecule has 0 aromatic rings. The van der Waals surface area contributed by atoms with Crippen LogP contribution >= 0.6 is 11.8 Å². The van der Waals surface area contributed by atoms with E-state index in [9.17, 15) is 0 Å². The van der Waals surface area contributed by atoms with E-state index in [2.05, 4.69) is 39.3 Å². The summed E-state index contributed by atoms with van der Waals surface area (Å²) in [4.78, 5) is 0. The highest BCUT2D eigenvalue weighted by Crippen LogP contribution is 2.43. The molecule has 1 nitrogen and oxygen atoms in total. The Bertz CT molecular complexity index is 261. The highest BCUT2D eigenvalue weighted by atomic mass is 32.2. The number of nitrogens with one attached hydrogen (secondary N) is 1. The van der Waals surface area contributed by atoms with Crippen molar-refractivity contribution < 1.29 is 0 Å². The van der Waals surface area contributed by atoms with Gasteiger partial charge in [-0.15, -0.1) is 0 Å². The molecule has 0 radical (unpaired) electrons. The van der Waals surface area contributed by atoms with Gasteiger partial charge in [0.1, 0.15) is 0 Å². The Balaban J connectivity index is 2.50. The van der Waals surface area contributed by atoms with E-state index in [0.717, 1.165) is 5.92 Å². The zero-order chi connectivity index (χ0) is 15.8. The molecule has 0 heterocycles. The lowest BCUT2D eigenvalue weighted by Crippen LogP contribution is -2.45. The first-order chi connectivity index (χ1) is 9.91. The topological polar surface area (TPSA) is 12.0 Å². The number of rotatable bonds is 9. The maximum atomic E-state index is 3.81. The van der Waals surface area contributed by atoms with Crippen molar-refractivity contribution in [2.45, 2.75) is 91.0 Å². The fourth-order valence-corrected chi connectivity index (χ4v) is 4.06. The van der Waals surface area contributed by atoms with Crippen LogP contribution in [0.4, 0.5) is 0 Å². The Labute approximate surface area is 138 Å². The van der Waals surface area contributed by atoms with Gasteiger partial charge in [-0.05, 0) is 82.6 Å². The van der Waals surface area contributed by atoms with E-state index in [4.69, 9.17) is 0 Å². The van der Waals surface area contributed by atoms with Gasteiger partial charge in [0.25, 0.3) is 0 Å². The maximum absolute atomic E-state index is 3.81. The summed E-state index contributed by atoms with van der Waals surface area (Å²) in [5.41, 5.74) is 0.845. The lowest BCUT2D eigenvalue weighted by Gasteiger charge is -2.42. The summed E-state index contributed by atoms with van der Waals surface area (Å²) in [6, 6.07) is 0. The number of thioether (sulfide) groups is 1. The third kappa shape index (κ3) is 7.93. The van der Waals surface area contributed by atoms with Gasteiger partial charge < -0.3 is 5.32 Å². The standard InChI is InChI=1S/C19H39NS/c1-6-7-9-17-10-13-19(14-11-17,12-8-15-21-5)16-20-18(2,3)4/h17,20H,6-16H2,1-5H3. The van der Waals surface area contributed by atoms with Crippen LogP contribution in [0.25, 0.3) is 0 Å². The van der Waals surface area contributed by atoms with Crippen molar-refractivity contribution in [3.8, 4) is 0 Å². The van der Waals surface area contributed by atoms with Crippen LogP contribution in [-0.4, -0.2) is 24.1 Å². The summed E-state index contributed by atoms with van der Waals surface area (Å²) < 4.78 is 0. The smallest absolute Gasteiger partial charge is 0.00967 e. The highest BCUT2D eigenvalue weighted by molar-refractivity contribution is 7.98. The van der Waals surface area contributed by atoms with Crippen molar-refractivity contribution in [1.29, 1.82) is 0 Å². The molecule has 2 heteroatoms. The van der Waals surface area contributed by atoms with E-state index in [1.807, 2.05) is 11.8 Å². The molecule has 0 aromatic carbocycles. The number of unbranched alkanes of at least 4 members (excludes halogenated alkanes) is 1. The fourth-order valence-electron chi connectivity index (χ4n) is 3.63. The van der Waals surface area contributed by atoms with Crippen molar-refractivity contribution >= 4 is 11.8 Å². The molecule has 1 fully saturated rings. The minimum Gasteiger partial charge on any atom is -0.312 e. The fraction of sp³-hybridized carbons (Fsp3) is 1.00. The molecule has 1 N–H and O–H groups in total. The lowest BCUT2D eigenvalue weighted by atomic mass is 9.67. The molecule has 21 heavy (non-hydrogen) atoms. The Hall–Kier alpha value is 0.310. The molecule has 0 saturated heterocycles. The molecular formula is C19H39NS. The quantitative estimate of drug-likeness (QED) is 0.533. The Morgan fingerprint density at radius 1 is 1.14 bits per heavy atom. The second-order valence-corrected chi connectivity index (χ2v) is 9.27. The van der Waals surface area contributed by atoms with Crippen molar-refractivity contribution in [1.82, 2.24) is 5.32 Å². The van der Waals surface area contributed by atoms with Gasteiger partial charge in [0, 0.05) is 12.1 Å². The van der Waals surface area contributed by atoms with Crippen LogP contribution in [0, 0.1) is 11.3 Å². The van der Waals surface area contributed by atoms with Crippen LogP contribution in [0.3, 0.4) is 0 Å². The molecule has 0 spiro atoms. The highest BCUT2D eigenvalue weighted by Gasteiger charge is 2.35. The van der Waals surface area contributed by atoms with Crippen LogP contribution in [0.1, 0.15) is 85.5 Å². The van der Waals surface area contributed by atoms with E-state index in [0.29, 0.717) is 5.41 Å². The van der Waals surface area contributed by atoms with Crippen molar-refractivity contribution in [2.75, 3.05) is 18.6 Å². The largest absolute Gasteiger partial charge is 0.312 e. The van der Waals surface area contributed by atoms with Crippen LogP contribution in [-0.2, 0) is 0 Å². The van der Waals surface area contributed by atoms with E-state index < -0.39 is 0 Å². The minimum absolute atomic E-state index is 0.256. The second kappa shape index (κ2) is 9.45. The lowest BCUT2D eigenvalue weighted by molar-refractivity contribution is 0.117. The van der Waals surface area contributed by atoms with Crippen LogP contribution in [0.15, 0.2) is 0 Å². The maximum Gasteiger partial charge on any atom is 0.00967 e. The van der Waals surface area contributed by atoms with Gasteiger partial charge in [0.05, 0.1) is 0 Å². The first kappa shape index (κ1) is 19.4. The molecule has 1 saturated carbocycles. The summed E-state index contributed by atoms with van der Waals surface area (Å²) in [5.74, 6) is 2.35. The summed E-state index contributed by atoms with van der Waals surface area (Å²) in [6.45, 7) is 10.5. The number of hydrogen-bond donors (Lipinski definition) is 1. The molecule has 0 bridgehead atoms. The molecule has 0 aromatic heterocycles. The van der Waals surface area contributed by atoms with Gasteiger partial charge in [-0.1, -0.05) is 26.2 Å². The van der Waals surface area contributed by atoms with Crippen molar-refractivity contribution in [3.05, 3.63) is 0 Å². The first-order valence-corrected chi connectivity index (χ1v) is 10.5. The van der Waals surface area contributed by atoms with Gasteiger partial charge in [-0.3, -0.25) is 0 Å². The molecule has 0 atom stereocenters. The van der Waals surface area contributed by atoms with Crippen molar-refractivity contribution in [3.63, 3.8) is 0 Å². The summed E-state index contributed by atoms with van der Waals surface area (Å²) in [6.07, 6.45) is 15.2. The third-order valence-electron chi connectivity index (χ3n) is 5.18. The van der Waals surface area contributed by atoms with Crippen molar-refractivity contribution in [2.24, 2.45) is 11.3 Å². The molecular weight excluding hydrogens is 274 g/mol. The zero-order valence-electron chi connectivity index (χ0n) is 15.3. The zero-order valence-corrected chi connectivity index (χ0v) is 16.1. The Morgan fingerprint density at radius 2 is 1.81 bits per heavy atom. The molecule has 0 aliphatic heterocycles. The predicted molar refractivity (Wildman–Crippen MR) is 99.3 cm³/mol. The van der Waals surface area contributed by atoms with E-state index >= 15 is 0 Å². The van der Waals surface area contributed by atoms with E-state index in [-0.39, 0.29) is 5.54 Å². The average Bonchev–Trinajstić information content (AvgIpc) is 2.44. The van der Waals surface area contributed by atoms with Crippen LogP contribution in [0.5, 0.6) is 0 Å². The van der Waals surface area contributed by atoms with E-state index in [1.54, 1.807) is 0 Å². The van der Waals surface area contributed by atoms with E-state index in [1.165, 1.54) is 70.1 Å². The monoisotopic (exact) mass is 313 g/mol. The second-order valence-electron chi connectivity index (χ2n) is 8.29. The average molecular weight is 314 g/mol. The molecule has 1 rings (SSSR count). The Morgan fingerprint density at radius 3 is 2.33 bits per heavy atom. The van der Waals surface area contributed by atoms with Crippen LogP contribution in [0.2, 0.25) is 0 Å². The normalized spacial score (nSPS) is 27.0. The molecule has 0 amide bonds. The van der Waals surface area contributed by atoms with Gasteiger partial charge in [0.2, 0.25) is 0 Å². The van der Waals surface area contributed by atoms with Crippen LogP contribution < -0.4 is 5.32 Å². The first-order valence-electron chi connectivity index (χ1n) is 9.15. The Kier molecular flexibility index (Phi) is 8.71. The van der Waals surface area contributed by atoms with Gasteiger partial charge in [-0.2, -0.15) is 11.8 Å². The minimum atomic E-state index is 0.256. The molecule has 0 unspecified atom stereocenters. The van der Waals surface area contributed by atoms with Gasteiger partial charge in [-0.25, -0.2) is 0 Å². The summed E-state index contributed by atoms with van der Waals surface area (Å²) in [7, 11) is 0. The van der Waals surface area contributed by atoms with Gasteiger partial charge in [0.15, 0.2) is 0 Å². The number of hydrogen-bond acceptors (Lipinski definition) is 2. The molecule has 126 valence electrons. The molecule has 1 aliphatic carbocycles. The van der Waals surface area contributed by atoms with Gasteiger partial charge >= 0.3 is 0 Å². The SMILES string of the molecule is CCCCC1CCC(CCCSC)(CNC(C)(C)C)CC1. The summed E-state index contributed by atoms with van der Waals surface area (Å²) >= 11 is 2.00. The third-order valence-corrected chi connectivity index (χ3v) is 5.88. The predicted octanol–water partition coefficient (Wildman–Crippen LogP) is 5.88.